The van der Waals surface area contributed by atoms with E-state index in [2.05, 4.69) is 32.7 Å². The Balaban J connectivity index is 1.61. The lowest BCUT2D eigenvalue weighted by Gasteiger charge is -2.13. The van der Waals surface area contributed by atoms with E-state index in [-0.39, 0.29) is 0 Å². The van der Waals surface area contributed by atoms with E-state index in [1.807, 2.05) is 24.3 Å². The molecule has 3 aromatic rings. The number of aryl methyl sites for hydroxylation is 1. The quantitative estimate of drug-likeness (QED) is 0.517. The lowest BCUT2D eigenvalue weighted by molar-refractivity contribution is 0.284. The Kier molecular flexibility index (Phi) is 7.02. The molecule has 0 amide bonds. The van der Waals surface area contributed by atoms with Crippen molar-refractivity contribution >= 4 is 17.5 Å². The molecule has 0 aliphatic carbocycles. The number of halogens is 1. The molecular weight excluding hydrogens is 380 g/mol. The van der Waals surface area contributed by atoms with Crippen molar-refractivity contribution in [2.45, 2.75) is 39.5 Å². The second kappa shape index (κ2) is 9.89. The molecule has 9 heteroatoms. The first-order chi connectivity index (χ1) is 13.7. The maximum atomic E-state index is 5.86. The highest BCUT2D eigenvalue weighted by Gasteiger charge is 2.09. The van der Waals surface area contributed by atoms with Crippen molar-refractivity contribution in [2.24, 2.45) is 0 Å². The number of ether oxygens (including phenoxy) is 2. The van der Waals surface area contributed by atoms with Crippen molar-refractivity contribution in [2.75, 3.05) is 12.4 Å². The molecule has 3 rings (SSSR count). The van der Waals surface area contributed by atoms with Crippen LogP contribution in [0.1, 0.15) is 30.9 Å². The molecule has 2 aromatic heterocycles. The van der Waals surface area contributed by atoms with Crippen LogP contribution in [0.2, 0.25) is 5.15 Å². The fourth-order valence-corrected chi connectivity index (χ4v) is 2.68. The molecule has 0 atom stereocenters. The average Bonchev–Trinajstić information content (AvgIpc) is 3.18. The standard InChI is InChI=1S/C19H23ClN6O2/c1-3-4-9-26-19(23-24-25-26)22-11-14-5-7-16(17(10-14)27-2)28-13-15-6-8-18(20)21-12-15/h5-8,10,12H,3-4,9,11,13H2,1-2H3,(H,22,23,25). The Morgan fingerprint density at radius 1 is 1.14 bits per heavy atom. The Morgan fingerprint density at radius 3 is 2.75 bits per heavy atom. The second-order valence-corrected chi connectivity index (χ2v) is 6.58. The molecule has 0 saturated carbocycles. The molecule has 0 spiro atoms. The summed E-state index contributed by atoms with van der Waals surface area (Å²) in [7, 11) is 1.62. The van der Waals surface area contributed by atoms with Crippen molar-refractivity contribution in [1.82, 2.24) is 25.2 Å². The minimum atomic E-state index is 0.379. The summed E-state index contributed by atoms with van der Waals surface area (Å²) in [6, 6.07) is 9.41. The van der Waals surface area contributed by atoms with Gasteiger partial charge in [-0.1, -0.05) is 42.2 Å². The molecule has 0 aliphatic rings. The van der Waals surface area contributed by atoms with Gasteiger partial charge in [0, 0.05) is 24.8 Å². The number of benzene rings is 1. The molecule has 8 nitrogen and oxygen atoms in total. The van der Waals surface area contributed by atoms with Gasteiger partial charge in [-0.25, -0.2) is 9.67 Å². The van der Waals surface area contributed by atoms with Crippen LogP contribution in [0.3, 0.4) is 0 Å². The predicted octanol–water partition coefficient (Wildman–Crippen LogP) is 3.72. The Bertz CT molecular complexity index is 884. The lowest BCUT2D eigenvalue weighted by Crippen LogP contribution is -2.09. The topological polar surface area (TPSA) is 87.0 Å². The first-order valence-electron chi connectivity index (χ1n) is 9.09. The normalized spacial score (nSPS) is 10.7. The number of rotatable bonds is 10. The molecule has 0 saturated heterocycles. The Morgan fingerprint density at radius 2 is 2.00 bits per heavy atom. The zero-order valence-corrected chi connectivity index (χ0v) is 16.7. The van der Waals surface area contributed by atoms with Crippen LogP contribution in [-0.4, -0.2) is 32.3 Å². The van der Waals surface area contributed by atoms with E-state index in [1.54, 1.807) is 24.1 Å². The molecule has 1 N–H and O–H groups in total. The average molecular weight is 403 g/mol. The zero-order chi connectivity index (χ0) is 19.8. The van der Waals surface area contributed by atoms with E-state index in [4.69, 9.17) is 21.1 Å². The van der Waals surface area contributed by atoms with Gasteiger partial charge in [0.2, 0.25) is 5.95 Å². The number of hydrogen-bond acceptors (Lipinski definition) is 7. The van der Waals surface area contributed by atoms with E-state index < -0.39 is 0 Å². The number of nitrogens with one attached hydrogen (secondary N) is 1. The first kappa shape index (κ1) is 19.9. The van der Waals surface area contributed by atoms with Crippen molar-refractivity contribution in [3.8, 4) is 11.5 Å². The number of nitrogens with zero attached hydrogens (tertiary/aromatic N) is 5. The van der Waals surface area contributed by atoms with Crippen LogP contribution >= 0.6 is 11.6 Å². The molecule has 1 aromatic carbocycles. The summed E-state index contributed by atoms with van der Waals surface area (Å²) in [6.45, 7) is 3.88. The minimum Gasteiger partial charge on any atom is -0.493 e. The highest BCUT2D eigenvalue weighted by Crippen LogP contribution is 2.29. The maximum Gasteiger partial charge on any atom is 0.243 e. The minimum absolute atomic E-state index is 0.379. The number of pyridine rings is 1. The SMILES string of the molecule is CCCCn1nnnc1NCc1ccc(OCc2ccc(Cl)nc2)c(OC)c1. The summed E-state index contributed by atoms with van der Waals surface area (Å²) < 4.78 is 13.1. The molecule has 0 bridgehead atoms. The fourth-order valence-electron chi connectivity index (χ4n) is 2.56. The number of methoxy groups -OCH3 is 1. The van der Waals surface area contributed by atoms with Crippen LogP contribution in [0.15, 0.2) is 36.5 Å². The molecule has 0 fully saturated rings. The van der Waals surface area contributed by atoms with E-state index in [0.717, 1.165) is 30.5 Å². The Labute approximate surface area is 168 Å². The molecule has 2 heterocycles. The monoisotopic (exact) mass is 402 g/mol. The molecule has 148 valence electrons. The van der Waals surface area contributed by atoms with Gasteiger partial charge in [0.1, 0.15) is 11.8 Å². The van der Waals surface area contributed by atoms with E-state index in [1.165, 1.54) is 0 Å². The van der Waals surface area contributed by atoms with Gasteiger partial charge in [0.25, 0.3) is 0 Å². The van der Waals surface area contributed by atoms with Crippen LogP contribution < -0.4 is 14.8 Å². The first-order valence-corrected chi connectivity index (χ1v) is 9.47. The third-order valence-corrected chi connectivity index (χ3v) is 4.34. The van der Waals surface area contributed by atoms with Gasteiger partial charge < -0.3 is 14.8 Å². The van der Waals surface area contributed by atoms with Crippen LogP contribution in [0, 0.1) is 0 Å². The predicted molar refractivity (Wildman–Crippen MR) is 107 cm³/mol. The molecular formula is C19H23ClN6O2. The summed E-state index contributed by atoms with van der Waals surface area (Å²) in [5, 5.41) is 15.5. The fraction of sp³-hybridized carbons (Fsp3) is 0.368. The summed E-state index contributed by atoms with van der Waals surface area (Å²) >= 11 is 5.80. The van der Waals surface area contributed by atoms with Gasteiger partial charge >= 0.3 is 0 Å². The zero-order valence-electron chi connectivity index (χ0n) is 15.9. The van der Waals surface area contributed by atoms with Gasteiger partial charge in [0.05, 0.1) is 7.11 Å². The van der Waals surface area contributed by atoms with Crippen molar-refractivity contribution in [1.29, 1.82) is 0 Å². The number of tetrazole rings is 1. The highest BCUT2D eigenvalue weighted by atomic mass is 35.5. The van der Waals surface area contributed by atoms with Crippen LogP contribution in [0.5, 0.6) is 11.5 Å². The van der Waals surface area contributed by atoms with Crippen LogP contribution in [-0.2, 0) is 19.7 Å². The summed E-state index contributed by atoms with van der Waals surface area (Å²) in [4.78, 5) is 4.05. The highest BCUT2D eigenvalue weighted by molar-refractivity contribution is 6.29. The molecule has 0 radical (unpaired) electrons. The van der Waals surface area contributed by atoms with E-state index in [0.29, 0.717) is 35.8 Å². The Hall–Kier alpha value is -2.87. The third-order valence-electron chi connectivity index (χ3n) is 4.12. The molecule has 0 unspecified atom stereocenters. The number of aromatic nitrogens is 5. The van der Waals surface area contributed by atoms with Crippen LogP contribution in [0.25, 0.3) is 0 Å². The van der Waals surface area contributed by atoms with Gasteiger partial charge in [-0.15, -0.1) is 0 Å². The summed E-state index contributed by atoms with van der Waals surface area (Å²) in [5.41, 5.74) is 1.96. The van der Waals surface area contributed by atoms with Gasteiger partial charge in [0.15, 0.2) is 11.5 Å². The number of hydrogen-bond donors (Lipinski definition) is 1. The third kappa shape index (κ3) is 5.32. The molecule has 0 aliphatic heterocycles. The van der Waals surface area contributed by atoms with Crippen molar-refractivity contribution < 1.29 is 9.47 Å². The number of anilines is 1. The van der Waals surface area contributed by atoms with Crippen LogP contribution in [0.4, 0.5) is 5.95 Å². The van der Waals surface area contributed by atoms with Gasteiger partial charge in [-0.05, 0) is 40.6 Å². The van der Waals surface area contributed by atoms with Gasteiger partial charge in [-0.3, -0.25) is 0 Å². The van der Waals surface area contributed by atoms with Crippen molar-refractivity contribution in [3.63, 3.8) is 0 Å². The summed E-state index contributed by atoms with van der Waals surface area (Å²) in [5.74, 6) is 1.98. The lowest BCUT2D eigenvalue weighted by atomic mass is 10.2. The largest absolute Gasteiger partial charge is 0.493 e. The smallest absolute Gasteiger partial charge is 0.243 e. The summed E-state index contributed by atoms with van der Waals surface area (Å²) in [6.07, 6.45) is 3.81. The second-order valence-electron chi connectivity index (χ2n) is 6.20. The van der Waals surface area contributed by atoms with Crippen molar-refractivity contribution in [3.05, 3.63) is 52.8 Å². The maximum absolute atomic E-state index is 5.86. The number of unbranched alkanes of at least 4 members (excludes halogenated alkanes) is 1. The van der Waals surface area contributed by atoms with E-state index >= 15 is 0 Å². The molecule has 28 heavy (non-hydrogen) atoms. The van der Waals surface area contributed by atoms with E-state index in [9.17, 15) is 0 Å². The van der Waals surface area contributed by atoms with Gasteiger partial charge in [-0.2, -0.15) is 0 Å².